The van der Waals surface area contributed by atoms with Crippen molar-refractivity contribution in [2.45, 2.75) is 91.1 Å². The van der Waals surface area contributed by atoms with E-state index in [-0.39, 0.29) is 23.4 Å². The van der Waals surface area contributed by atoms with Gasteiger partial charge >= 0.3 is 5.97 Å². The van der Waals surface area contributed by atoms with Gasteiger partial charge in [-0.3, -0.25) is 9.59 Å². The Balaban J connectivity index is 1.57. The minimum absolute atomic E-state index is 0.0766. The second-order valence-electron chi connectivity index (χ2n) is 11.1. The highest BCUT2D eigenvalue weighted by atomic mass is 16.4. The summed E-state index contributed by atoms with van der Waals surface area (Å²) in [5.41, 5.74) is 0.138. The fourth-order valence-electron chi connectivity index (χ4n) is 8.52. The van der Waals surface area contributed by atoms with Crippen molar-refractivity contribution in [2.75, 3.05) is 0 Å². The summed E-state index contributed by atoms with van der Waals surface area (Å²) >= 11 is 0. The van der Waals surface area contributed by atoms with E-state index >= 15 is 0 Å². The van der Waals surface area contributed by atoms with Gasteiger partial charge in [-0.2, -0.15) is 0 Å². The lowest BCUT2D eigenvalue weighted by Crippen LogP contribution is -2.58. The number of carboxylic acids is 1. The maximum atomic E-state index is 12.1. The molecule has 0 aliphatic heterocycles. The summed E-state index contributed by atoms with van der Waals surface area (Å²) in [6, 6.07) is 0. The van der Waals surface area contributed by atoms with E-state index < -0.39 is 5.97 Å². The Morgan fingerprint density at radius 3 is 2.64 bits per heavy atom. The molecule has 0 unspecified atom stereocenters. The van der Waals surface area contributed by atoms with Gasteiger partial charge < -0.3 is 10.2 Å². The van der Waals surface area contributed by atoms with Gasteiger partial charge in [0.15, 0.2) is 0 Å². The highest BCUT2D eigenvalue weighted by Gasteiger charge is 2.63. The quantitative estimate of drug-likeness (QED) is 0.730. The van der Waals surface area contributed by atoms with Crippen LogP contribution >= 0.6 is 0 Å². The van der Waals surface area contributed by atoms with E-state index in [4.69, 9.17) is 5.11 Å². The van der Waals surface area contributed by atoms with Crippen LogP contribution in [0.5, 0.6) is 0 Å². The van der Waals surface area contributed by atoms with Crippen molar-refractivity contribution in [3.63, 3.8) is 0 Å². The van der Waals surface area contributed by atoms with Crippen molar-refractivity contribution < 1.29 is 19.8 Å². The molecular weight excluding hydrogens is 352 g/mol. The third-order valence-corrected chi connectivity index (χ3v) is 10.2. The third kappa shape index (κ3) is 2.97. The topological polar surface area (TPSA) is 74.6 Å². The SMILES string of the molecule is C[C@@H](CCC(=O)O)[C@@H]1CC[C@@H]2[C@H]3CC[C@H]4CC(=O)CC[C@]4(C)[C@@H]3C[C@@H](O)[C@]21C. The van der Waals surface area contributed by atoms with Gasteiger partial charge in [0.25, 0.3) is 0 Å². The van der Waals surface area contributed by atoms with Crippen LogP contribution in [0, 0.1) is 46.3 Å². The number of aliphatic hydroxyl groups excluding tert-OH is 1. The maximum absolute atomic E-state index is 12.1. The average Bonchev–Trinajstić information content (AvgIpc) is 3.00. The lowest BCUT2D eigenvalue weighted by Gasteiger charge is -2.62. The van der Waals surface area contributed by atoms with Crippen LogP contribution in [0.4, 0.5) is 0 Å². The molecule has 2 N–H and O–H groups in total. The van der Waals surface area contributed by atoms with E-state index in [9.17, 15) is 14.7 Å². The second kappa shape index (κ2) is 7.11. The zero-order chi connectivity index (χ0) is 20.3. The Morgan fingerprint density at radius 1 is 1.18 bits per heavy atom. The minimum atomic E-state index is -0.714. The fourth-order valence-corrected chi connectivity index (χ4v) is 8.52. The van der Waals surface area contributed by atoms with Gasteiger partial charge in [0, 0.05) is 19.3 Å². The van der Waals surface area contributed by atoms with E-state index in [0.29, 0.717) is 47.7 Å². The fraction of sp³-hybridized carbons (Fsp3) is 0.917. The van der Waals surface area contributed by atoms with Crippen molar-refractivity contribution in [1.29, 1.82) is 0 Å². The Hall–Kier alpha value is -0.900. The zero-order valence-electron chi connectivity index (χ0n) is 17.8. The minimum Gasteiger partial charge on any atom is -0.481 e. The van der Waals surface area contributed by atoms with Gasteiger partial charge in [0.05, 0.1) is 6.10 Å². The summed E-state index contributed by atoms with van der Waals surface area (Å²) < 4.78 is 0. The number of aliphatic hydroxyl groups is 1. The van der Waals surface area contributed by atoms with E-state index in [2.05, 4.69) is 20.8 Å². The molecule has 0 aromatic heterocycles. The molecule has 4 saturated carbocycles. The number of Topliss-reactive ketones (excluding diaryl/α,β-unsaturated/α-hetero) is 1. The first kappa shape index (κ1) is 20.4. The molecule has 0 bridgehead atoms. The number of carbonyl (C=O) groups excluding carboxylic acids is 1. The van der Waals surface area contributed by atoms with Crippen LogP contribution in [-0.2, 0) is 9.59 Å². The van der Waals surface area contributed by atoms with E-state index in [1.807, 2.05) is 0 Å². The molecule has 9 atom stereocenters. The summed E-state index contributed by atoms with van der Waals surface area (Å²) in [5, 5.41) is 20.5. The van der Waals surface area contributed by atoms with Gasteiger partial charge in [-0.25, -0.2) is 0 Å². The summed E-state index contributed by atoms with van der Waals surface area (Å²) in [6.07, 6.45) is 8.69. The van der Waals surface area contributed by atoms with Crippen molar-refractivity contribution in [1.82, 2.24) is 0 Å². The predicted molar refractivity (Wildman–Crippen MR) is 108 cm³/mol. The molecule has 0 aromatic rings. The van der Waals surface area contributed by atoms with Gasteiger partial charge in [-0.05, 0) is 91.3 Å². The first-order chi connectivity index (χ1) is 13.2. The summed E-state index contributed by atoms with van der Waals surface area (Å²) in [6.45, 7) is 6.93. The largest absolute Gasteiger partial charge is 0.481 e. The number of carbonyl (C=O) groups is 2. The lowest BCUT2D eigenvalue weighted by molar-refractivity contribution is -0.171. The predicted octanol–water partition coefficient (Wildman–Crippen LogP) is 4.69. The number of carboxylic acid groups (broad SMARTS) is 1. The molecule has 4 heteroatoms. The Labute approximate surface area is 169 Å². The lowest BCUT2D eigenvalue weighted by atomic mass is 9.44. The van der Waals surface area contributed by atoms with E-state index in [0.717, 1.165) is 32.1 Å². The Bertz CT molecular complexity index is 645. The van der Waals surface area contributed by atoms with Crippen molar-refractivity contribution in [3.8, 4) is 0 Å². The van der Waals surface area contributed by atoms with E-state index in [1.165, 1.54) is 19.3 Å². The van der Waals surface area contributed by atoms with Crippen LogP contribution in [0.3, 0.4) is 0 Å². The Morgan fingerprint density at radius 2 is 1.93 bits per heavy atom. The summed E-state index contributed by atoms with van der Waals surface area (Å²) in [7, 11) is 0. The van der Waals surface area contributed by atoms with Crippen LogP contribution in [0.15, 0.2) is 0 Å². The molecule has 4 aliphatic carbocycles. The van der Waals surface area contributed by atoms with Crippen molar-refractivity contribution in [3.05, 3.63) is 0 Å². The number of ketones is 1. The molecule has 4 nitrogen and oxygen atoms in total. The number of aliphatic carboxylic acids is 1. The van der Waals surface area contributed by atoms with Gasteiger partial charge in [0.1, 0.15) is 5.78 Å². The molecule has 4 fully saturated rings. The Kier molecular flexibility index (Phi) is 5.17. The first-order valence-electron chi connectivity index (χ1n) is 11.6. The monoisotopic (exact) mass is 390 g/mol. The molecule has 0 amide bonds. The molecule has 0 spiro atoms. The third-order valence-electron chi connectivity index (χ3n) is 10.2. The van der Waals surface area contributed by atoms with Gasteiger partial charge in [-0.1, -0.05) is 20.8 Å². The molecular formula is C24H38O4. The number of hydrogen-bond acceptors (Lipinski definition) is 3. The molecule has 4 aliphatic rings. The number of fused-ring (bicyclic) bond motifs is 5. The van der Waals surface area contributed by atoms with Crippen molar-refractivity contribution in [2.24, 2.45) is 46.3 Å². The second-order valence-corrected chi connectivity index (χ2v) is 11.1. The van der Waals surface area contributed by atoms with Crippen LogP contribution in [0.25, 0.3) is 0 Å². The molecule has 0 heterocycles. The average molecular weight is 391 g/mol. The maximum Gasteiger partial charge on any atom is 0.303 e. The molecule has 4 rings (SSSR count). The molecule has 0 saturated heterocycles. The van der Waals surface area contributed by atoms with Crippen molar-refractivity contribution >= 4 is 11.8 Å². The summed E-state index contributed by atoms with van der Waals surface area (Å²) in [4.78, 5) is 23.1. The molecule has 28 heavy (non-hydrogen) atoms. The molecule has 158 valence electrons. The standard InChI is InChI=1S/C24H38O4/c1-14(4-9-22(27)28)18-7-8-19-17-6-5-15-12-16(25)10-11-23(15,2)20(17)13-21(26)24(18,19)3/h14-15,17-21,26H,4-13H2,1-3H3,(H,27,28)/t14-,15-,17+,18-,19+,20+,21+,23-,24-/m0/s1. The summed E-state index contributed by atoms with van der Waals surface area (Å²) in [5.74, 6) is 2.76. The van der Waals surface area contributed by atoms with Crippen LogP contribution < -0.4 is 0 Å². The van der Waals surface area contributed by atoms with Crippen LogP contribution in [-0.4, -0.2) is 28.1 Å². The first-order valence-corrected chi connectivity index (χ1v) is 11.6. The van der Waals surface area contributed by atoms with Gasteiger partial charge in [-0.15, -0.1) is 0 Å². The van der Waals surface area contributed by atoms with Crippen LogP contribution in [0.2, 0.25) is 0 Å². The van der Waals surface area contributed by atoms with Crippen LogP contribution in [0.1, 0.15) is 85.0 Å². The highest BCUT2D eigenvalue weighted by Crippen LogP contribution is 2.68. The smallest absolute Gasteiger partial charge is 0.303 e. The zero-order valence-corrected chi connectivity index (χ0v) is 17.8. The normalized spacial score (nSPS) is 49.1. The molecule has 0 radical (unpaired) electrons. The molecule has 0 aromatic carbocycles. The highest BCUT2D eigenvalue weighted by molar-refractivity contribution is 5.79. The van der Waals surface area contributed by atoms with Gasteiger partial charge in [0.2, 0.25) is 0 Å². The number of hydrogen-bond donors (Lipinski definition) is 2. The number of rotatable bonds is 4. The van der Waals surface area contributed by atoms with E-state index in [1.54, 1.807) is 0 Å².